The van der Waals surface area contributed by atoms with Crippen molar-refractivity contribution in [3.05, 3.63) is 64.5 Å². The number of phenolic OH excluding ortho intramolecular Hbond substituents is 1. The Labute approximate surface area is 149 Å². The average molecular weight is 371 g/mol. The van der Waals surface area contributed by atoms with Crippen molar-refractivity contribution in [1.29, 1.82) is 5.26 Å². The number of thiazole rings is 1. The Kier molecular flexibility index (Phi) is 4.81. The van der Waals surface area contributed by atoms with Crippen LogP contribution >= 0.6 is 11.3 Å². The molecule has 126 valence electrons. The minimum absolute atomic E-state index is 0.0326. The maximum atomic E-state index is 12.4. The second-order valence-electron chi connectivity index (χ2n) is 5.11. The van der Waals surface area contributed by atoms with Gasteiger partial charge in [0.25, 0.3) is 0 Å². The van der Waals surface area contributed by atoms with Crippen LogP contribution in [-0.4, -0.2) is 18.5 Å². The monoisotopic (exact) mass is 371 g/mol. The molecule has 0 radical (unpaired) electrons. The Bertz CT molecular complexity index is 1040. The highest BCUT2D eigenvalue weighted by atomic mass is 32.2. The van der Waals surface area contributed by atoms with Crippen LogP contribution in [-0.2, 0) is 16.6 Å². The highest BCUT2D eigenvalue weighted by Gasteiger charge is 2.18. The molecule has 0 saturated carbocycles. The highest BCUT2D eigenvalue weighted by Crippen LogP contribution is 2.24. The lowest BCUT2D eigenvalue weighted by molar-refractivity contribution is 0.475. The zero-order valence-corrected chi connectivity index (χ0v) is 14.5. The van der Waals surface area contributed by atoms with Crippen molar-refractivity contribution in [3.63, 3.8) is 0 Å². The van der Waals surface area contributed by atoms with Gasteiger partial charge in [0.05, 0.1) is 22.7 Å². The fourth-order valence-electron chi connectivity index (χ4n) is 2.18. The predicted molar refractivity (Wildman–Crippen MR) is 94.4 cm³/mol. The van der Waals surface area contributed by atoms with Gasteiger partial charge < -0.3 is 5.11 Å². The topological polar surface area (TPSA) is 103 Å². The zero-order chi connectivity index (χ0) is 17.9. The molecule has 0 aliphatic rings. The van der Waals surface area contributed by atoms with Gasteiger partial charge in [0.1, 0.15) is 16.8 Å². The van der Waals surface area contributed by atoms with Crippen LogP contribution in [0.4, 0.5) is 0 Å². The molecule has 1 aromatic heterocycles. The minimum Gasteiger partial charge on any atom is -0.508 e. The Balaban J connectivity index is 1.76. The van der Waals surface area contributed by atoms with E-state index in [9.17, 15) is 13.5 Å². The van der Waals surface area contributed by atoms with E-state index < -0.39 is 10.0 Å². The number of aromatic nitrogens is 1. The fraction of sp³-hybridized carbons (Fsp3) is 0.0588. The zero-order valence-electron chi connectivity index (χ0n) is 12.9. The van der Waals surface area contributed by atoms with Crippen molar-refractivity contribution in [2.75, 3.05) is 0 Å². The summed E-state index contributed by atoms with van der Waals surface area (Å²) < 4.78 is 27.2. The Hall–Kier alpha value is -2.73. The van der Waals surface area contributed by atoms with Crippen molar-refractivity contribution in [2.24, 2.45) is 0 Å². The summed E-state index contributed by atoms with van der Waals surface area (Å²) in [6.07, 6.45) is 0. The van der Waals surface area contributed by atoms with Crippen LogP contribution in [0.3, 0.4) is 0 Å². The summed E-state index contributed by atoms with van der Waals surface area (Å²) in [5, 5.41) is 20.8. The second-order valence-corrected chi connectivity index (χ2v) is 7.78. The van der Waals surface area contributed by atoms with Gasteiger partial charge in [-0.15, -0.1) is 11.3 Å². The molecular formula is C17H13N3O3S2. The quantitative estimate of drug-likeness (QED) is 0.718. The summed E-state index contributed by atoms with van der Waals surface area (Å²) in [6.45, 7) is 0.0326. The largest absolute Gasteiger partial charge is 0.508 e. The van der Waals surface area contributed by atoms with Gasteiger partial charge in [-0.25, -0.2) is 18.1 Å². The number of nitriles is 1. The van der Waals surface area contributed by atoms with Crippen LogP contribution in [0, 0.1) is 11.3 Å². The first-order valence-electron chi connectivity index (χ1n) is 7.22. The molecule has 25 heavy (non-hydrogen) atoms. The molecule has 0 bridgehead atoms. The maximum Gasteiger partial charge on any atom is 0.242 e. The number of phenols is 1. The highest BCUT2D eigenvalue weighted by molar-refractivity contribution is 7.89. The third-order valence-electron chi connectivity index (χ3n) is 3.43. The van der Waals surface area contributed by atoms with Crippen LogP contribution in [0.5, 0.6) is 5.75 Å². The summed E-state index contributed by atoms with van der Waals surface area (Å²) in [6, 6.07) is 14.5. The molecule has 3 aromatic rings. The molecule has 0 saturated heterocycles. The van der Waals surface area contributed by atoms with Gasteiger partial charge in [-0.1, -0.05) is 12.1 Å². The summed E-state index contributed by atoms with van der Waals surface area (Å²) in [5.41, 5.74) is 1.63. The van der Waals surface area contributed by atoms with Crippen LogP contribution in [0.25, 0.3) is 11.3 Å². The average Bonchev–Trinajstić information content (AvgIpc) is 3.10. The molecule has 6 nitrogen and oxygen atoms in total. The Morgan fingerprint density at radius 1 is 1.16 bits per heavy atom. The third-order valence-corrected chi connectivity index (χ3v) is 5.73. The van der Waals surface area contributed by atoms with Crippen molar-refractivity contribution < 1.29 is 13.5 Å². The normalized spacial score (nSPS) is 11.2. The summed E-state index contributed by atoms with van der Waals surface area (Å²) in [7, 11) is -3.80. The maximum absolute atomic E-state index is 12.4. The third kappa shape index (κ3) is 3.85. The molecule has 8 heteroatoms. The number of hydrogen-bond donors (Lipinski definition) is 2. The Morgan fingerprint density at radius 3 is 2.60 bits per heavy atom. The van der Waals surface area contributed by atoms with Crippen LogP contribution in [0.15, 0.2) is 58.8 Å². The lowest BCUT2D eigenvalue weighted by atomic mass is 10.2. The van der Waals surface area contributed by atoms with Crippen LogP contribution < -0.4 is 4.72 Å². The van der Waals surface area contributed by atoms with Crippen molar-refractivity contribution in [1.82, 2.24) is 9.71 Å². The molecule has 0 fully saturated rings. The summed E-state index contributed by atoms with van der Waals surface area (Å²) in [4.78, 5) is 4.35. The fourth-order valence-corrected chi connectivity index (χ4v) is 4.16. The smallest absolute Gasteiger partial charge is 0.242 e. The predicted octanol–water partition coefficient (Wildman–Crippen LogP) is 2.87. The SMILES string of the molecule is N#Cc1ccccc1S(=O)(=O)NCc1nc(-c2ccc(O)cc2)cs1. The second kappa shape index (κ2) is 7.03. The van der Waals surface area contributed by atoms with E-state index in [1.54, 1.807) is 36.4 Å². The van der Waals surface area contributed by atoms with E-state index in [2.05, 4.69) is 9.71 Å². The first-order valence-corrected chi connectivity index (χ1v) is 9.58. The first kappa shape index (κ1) is 17.1. The van der Waals surface area contributed by atoms with E-state index >= 15 is 0 Å². The van der Waals surface area contributed by atoms with E-state index in [0.717, 1.165) is 5.56 Å². The molecule has 0 atom stereocenters. The molecule has 0 amide bonds. The van der Waals surface area contributed by atoms with Gasteiger partial charge in [-0.3, -0.25) is 0 Å². The van der Waals surface area contributed by atoms with E-state index in [-0.39, 0.29) is 22.8 Å². The van der Waals surface area contributed by atoms with Crippen molar-refractivity contribution in [3.8, 4) is 23.1 Å². The van der Waals surface area contributed by atoms with E-state index in [1.165, 1.54) is 23.5 Å². The molecular weight excluding hydrogens is 358 g/mol. The molecule has 0 aliphatic carbocycles. The van der Waals surface area contributed by atoms with Gasteiger partial charge in [-0.2, -0.15) is 5.26 Å². The first-order chi connectivity index (χ1) is 12.0. The van der Waals surface area contributed by atoms with Gasteiger partial charge in [0.15, 0.2) is 0 Å². The lowest BCUT2D eigenvalue weighted by Gasteiger charge is -2.06. The number of aromatic hydroxyl groups is 1. The van der Waals surface area contributed by atoms with Gasteiger partial charge in [0.2, 0.25) is 10.0 Å². The molecule has 3 rings (SSSR count). The van der Waals surface area contributed by atoms with Crippen LogP contribution in [0.1, 0.15) is 10.6 Å². The number of sulfonamides is 1. The molecule has 2 N–H and O–H groups in total. The molecule has 0 aliphatic heterocycles. The van der Waals surface area contributed by atoms with Crippen molar-refractivity contribution in [2.45, 2.75) is 11.4 Å². The van der Waals surface area contributed by atoms with Gasteiger partial charge in [-0.05, 0) is 36.4 Å². The van der Waals surface area contributed by atoms with Gasteiger partial charge >= 0.3 is 0 Å². The van der Waals surface area contributed by atoms with Crippen molar-refractivity contribution >= 4 is 21.4 Å². The summed E-state index contributed by atoms with van der Waals surface area (Å²) in [5.74, 6) is 0.170. The standard InChI is InChI=1S/C17H13N3O3S2/c18-9-13-3-1-2-4-16(13)25(22,23)19-10-17-20-15(11-24-17)12-5-7-14(21)8-6-12/h1-8,11,19,21H,10H2. The van der Waals surface area contributed by atoms with Gasteiger partial charge in [0, 0.05) is 10.9 Å². The van der Waals surface area contributed by atoms with E-state index in [1.807, 2.05) is 11.4 Å². The number of nitrogens with zero attached hydrogens (tertiary/aromatic N) is 2. The molecule has 2 aromatic carbocycles. The van der Waals surface area contributed by atoms with E-state index in [0.29, 0.717) is 10.7 Å². The number of nitrogens with one attached hydrogen (secondary N) is 1. The summed E-state index contributed by atoms with van der Waals surface area (Å²) >= 11 is 1.33. The molecule has 0 unspecified atom stereocenters. The van der Waals surface area contributed by atoms with E-state index in [4.69, 9.17) is 5.26 Å². The Morgan fingerprint density at radius 2 is 1.88 bits per heavy atom. The molecule has 1 heterocycles. The number of hydrogen-bond acceptors (Lipinski definition) is 6. The minimum atomic E-state index is -3.80. The number of rotatable bonds is 5. The van der Waals surface area contributed by atoms with Crippen LogP contribution in [0.2, 0.25) is 0 Å². The number of benzene rings is 2. The molecule has 0 spiro atoms. The lowest BCUT2D eigenvalue weighted by Crippen LogP contribution is -2.24.